The zero-order valence-electron chi connectivity index (χ0n) is 15.8. The van der Waals surface area contributed by atoms with Crippen LogP contribution in [0.5, 0.6) is 0 Å². The van der Waals surface area contributed by atoms with Crippen LogP contribution in [-0.4, -0.2) is 24.6 Å². The Hall–Kier alpha value is -2.76. The van der Waals surface area contributed by atoms with Gasteiger partial charge in [-0.2, -0.15) is 0 Å². The molecule has 136 valence electrons. The first kappa shape index (κ1) is 17.6. The van der Waals surface area contributed by atoms with Crippen molar-refractivity contribution in [1.29, 1.82) is 0 Å². The second-order valence-electron chi connectivity index (χ2n) is 7.20. The molecule has 1 saturated heterocycles. The Morgan fingerprint density at radius 2 is 1.56 bits per heavy atom. The molecule has 0 aromatic heterocycles. The van der Waals surface area contributed by atoms with Gasteiger partial charge in [0.1, 0.15) is 0 Å². The molecular weight excluding hydrogens is 328 g/mol. The van der Waals surface area contributed by atoms with E-state index in [9.17, 15) is 0 Å². The Bertz CT molecular complexity index is 939. The van der Waals surface area contributed by atoms with Crippen molar-refractivity contribution in [3.8, 4) is 12.3 Å². The van der Waals surface area contributed by atoms with Crippen LogP contribution in [0.2, 0.25) is 0 Å². The molecule has 2 heteroatoms. The lowest BCUT2D eigenvalue weighted by Gasteiger charge is -2.41. The zero-order valence-corrected chi connectivity index (χ0v) is 15.8. The fourth-order valence-electron chi connectivity index (χ4n) is 4.07. The second-order valence-corrected chi connectivity index (χ2v) is 7.20. The van der Waals surface area contributed by atoms with Crippen LogP contribution in [0.25, 0.3) is 10.8 Å². The lowest BCUT2D eigenvalue weighted by molar-refractivity contribution is 0.211. The van der Waals surface area contributed by atoms with E-state index >= 15 is 0 Å². The number of hydrogen-bond acceptors (Lipinski definition) is 2. The van der Waals surface area contributed by atoms with Gasteiger partial charge >= 0.3 is 0 Å². The highest BCUT2D eigenvalue weighted by Crippen LogP contribution is 2.32. The third-order valence-corrected chi connectivity index (χ3v) is 5.44. The van der Waals surface area contributed by atoms with E-state index in [1.165, 1.54) is 41.3 Å². The Morgan fingerprint density at radius 3 is 2.37 bits per heavy atom. The van der Waals surface area contributed by atoms with E-state index in [1.807, 2.05) is 0 Å². The molecule has 0 unspecified atom stereocenters. The van der Waals surface area contributed by atoms with Gasteiger partial charge in [-0.25, -0.2) is 5.01 Å². The average Bonchev–Trinajstić information content (AvgIpc) is 2.74. The molecule has 1 heterocycles. The molecule has 0 bridgehead atoms. The monoisotopic (exact) mass is 354 g/mol. The fraction of sp³-hybridized carbons (Fsp3) is 0.280. The van der Waals surface area contributed by atoms with Gasteiger partial charge in [0.2, 0.25) is 0 Å². The predicted octanol–water partition coefficient (Wildman–Crippen LogP) is 5.27. The van der Waals surface area contributed by atoms with Gasteiger partial charge in [-0.3, -0.25) is 0 Å². The molecule has 0 radical (unpaired) electrons. The number of aryl methyl sites for hydroxylation is 1. The largest absolute Gasteiger partial charge is 0.305 e. The van der Waals surface area contributed by atoms with Crippen LogP contribution in [0.1, 0.15) is 30.4 Å². The van der Waals surface area contributed by atoms with E-state index in [0.717, 1.165) is 31.6 Å². The third-order valence-electron chi connectivity index (χ3n) is 5.44. The first-order valence-corrected chi connectivity index (χ1v) is 9.91. The summed E-state index contributed by atoms with van der Waals surface area (Å²) in [6, 6.07) is 23.6. The van der Waals surface area contributed by atoms with Gasteiger partial charge in [0, 0.05) is 30.6 Å². The molecule has 0 amide bonds. The number of anilines is 1. The van der Waals surface area contributed by atoms with Gasteiger partial charge < -0.3 is 5.01 Å². The summed E-state index contributed by atoms with van der Waals surface area (Å²) in [5, 5.41) is 7.44. The van der Waals surface area contributed by atoms with E-state index in [4.69, 9.17) is 6.42 Å². The standard InChI is InChI=1S/C25H26N2/c1-2-22-16-17-25(24-15-7-6-14-23(22)24)27-20-9-8-18-26(27)19-10-13-21-11-4-3-5-12-21/h1,3-7,11-12,14-17H,8-10,13,18-20H2. The summed E-state index contributed by atoms with van der Waals surface area (Å²) in [6.45, 7) is 3.28. The summed E-state index contributed by atoms with van der Waals surface area (Å²) >= 11 is 0. The summed E-state index contributed by atoms with van der Waals surface area (Å²) in [4.78, 5) is 0. The van der Waals surface area contributed by atoms with Crippen molar-refractivity contribution >= 4 is 16.5 Å². The van der Waals surface area contributed by atoms with E-state index in [0.29, 0.717) is 0 Å². The number of fused-ring (bicyclic) bond motifs is 1. The molecule has 4 rings (SSSR count). The van der Waals surface area contributed by atoms with Crippen LogP contribution >= 0.6 is 0 Å². The van der Waals surface area contributed by atoms with E-state index in [2.05, 4.69) is 82.7 Å². The van der Waals surface area contributed by atoms with Crippen LogP contribution in [0.4, 0.5) is 5.69 Å². The van der Waals surface area contributed by atoms with Crippen molar-refractivity contribution in [1.82, 2.24) is 5.01 Å². The number of nitrogens with zero attached hydrogens (tertiary/aromatic N) is 2. The number of hydrazine groups is 1. The smallest absolute Gasteiger partial charge is 0.0601 e. The van der Waals surface area contributed by atoms with E-state index < -0.39 is 0 Å². The van der Waals surface area contributed by atoms with Gasteiger partial charge in [-0.05, 0) is 48.8 Å². The highest BCUT2D eigenvalue weighted by molar-refractivity contribution is 5.97. The number of hydrogen-bond donors (Lipinski definition) is 0. The molecule has 0 atom stereocenters. The SMILES string of the molecule is C#Cc1ccc(N2CCCCN2CCCc2ccccc2)c2ccccc12. The Morgan fingerprint density at radius 1 is 0.815 bits per heavy atom. The Balaban J connectivity index is 1.56. The second kappa shape index (κ2) is 8.29. The van der Waals surface area contributed by atoms with Crippen molar-refractivity contribution in [2.24, 2.45) is 0 Å². The van der Waals surface area contributed by atoms with Crippen LogP contribution in [0.15, 0.2) is 66.7 Å². The van der Waals surface area contributed by atoms with Gasteiger partial charge in [0.05, 0.1) is 5.69 Å². The van der Waals surface area contributed by atoms with E-state index in [-0.39, 0.29) is 0 Å². The molecule has 0 aliphatic carbocycles. The number of terminal acetylenes is 1. The van der Waals surface area contributed by atoms with Crippen molar-refractivity contribution in [3.63, 3.8) is 0 Å². The third kappa shape index (κ3) is 3.84. The van der Waals surface area contributed by atoms with Crippen molar-refractivity contribution in [3.05, 3.63) is 77.9 Å². The lowest BCUT2D eigenvalue weighted by atomic mass is 10.0. The van der Waals surface area contributed by atoms with Crippen molar-refractivity contribution in [2.45, 2.75) is 25.7 Å². The Kier molecular flexibility index (Phi) is 5.42. The fourth-order valence-corrected chi connectivity index (χ4v) is 4.07. The minimum absolute atomic E-state index is 0.974. The average molecular weight is 354 g/mol. The molecule has 0 spiro atoms. The van der Waals surface area contributed by atoms with Crippen LogP contribution < -0.4 is 5.01 Å². The molecule has 1 aliphatic heterocycles. The molecule has 3 aromatic carbocycles. The first-order chi connectivity index (χ1) is 13.4. The lowest BCUT2D eigenvalue weighted by Crippen LogP contribution is -2.48. The van der Waals surface area contributed by atoms with Gasteiger partial charge in [-0.15, -0.1) is 6.42 Å². The van der Waals surface area contributed by atoms with Crippen LogP contribution in [0.3, 0.4) is 0 Å². The van der Waals surface area contributed by atoms with Gasteiger partial charge in [0.25, 0.3) is 0 Å². The summed E-state index contributed by atoms with van der Waals surface area (Å²) in [7, 11) is 0. The van der Waals surface area contributed by atoms with Gasteiger partial charge in [0.15, 0.2) is 0 Å². The maximum absolute atomic E-state index is 5.72. The predicted molar refractivity (Wildman–Crippen MR) is 115 cm³/mol. The molecule has 0 N–H and O–H groups in total. The van der Waals surface area contributed by atoms with Crippen molar-refractivity contribution in [2.75, 3.05) is 24.6 Å². The summed E-state index contributed by atoms with van der Waals surface area (Å²) < 4.78 is 0. The maximum Gasteiger partial charge on any atom is 0.0601 e. The molecule has 1 fully saturated rings. The minimum Gasteiger partial charge on any atom is -0.305 e. The molecule has 27 heavy (non-hydrogen) atoms. The molecular formula is C25H26N2. The minimum atomic E-state index is 0.974. The summed E-state index contributed by atoms with van der Waals surface area (Å²) in [5.41, 5.74) is 3.68. The quantitative estimate of drug-likeness (QED) is 0.576. The van der Waals surface area contributed by atoms with Crippen molar-refractivity contribution < 1.29 is 0 Å². The molecule has 0 saturated carbocycles. The summed E-state index contributed by atoms with van der Waals surface area (Å²) in [5.74, 6) is 2.83. The van der Waals surface area contributed by atoms with Crippen LogP contribution in [-0.2, 0) is 6.42 Å². The van der Waals surface area contributed by atoms with Gasteiger partial charge in [-0.1, -0.05) is 60.5 Å². The molecule has 3 aromatic rings. The zero-order chi connectivity index (χ0) is 18.5. The first-order valence-electron chi connectivity index (χ1n) is 9.91. The Labute approximate surface area is 162 Å². The highest BCUT2D eigenvalue weighted by atomic mass is 15.6. The normalized spacial score (nSPS) is 15.0. The molecule has 2 nitrogen and oxygen atoms in total. The maximum atomic E-state index is 5.72. The molecule has 1 aliphatic rings. The number of rotatable bonds is 5. The van der Waals surface area contributed by atoms with E-state index in [1.54, 1.807) is 0 Å². The summed E-state index contributed by atoms with van der Waals surface area (Å²) in [6.07, 6.45) is 10.5. The highest BCUT2D eigenvalue weighted by Gasteiger charge is 2.21. The number of benzene rings is 3. The topological polar surface area (TPSA) is 6.48 Å². The van der Waals surface area contributed by atoms with Crippen LogP contribution in [0, 0.1) is 12.3 Å².